The van der Waals surface area contributed by atoms with Crippen molar-refractivity contribution in [3.63, 3.8) is 0 Å². The molecule has 1 heterocycles. The molecule has 1 saturated heterocycles. The Kier molecular flexibility index (Phi) is 4.91. The zero-order valence-electron chi connectivity index (χ0n) is 15.4. The quantitative estimate of drug-likeness (QED) is 0.608. The lowest BCUT2D eigenvalue weighted by atomic mass is 9.76. The average Bonchev–Trinajstić information content (AvgIpc) is 2.81. The van der Waals surface area contributed by atoms with Crippen LogP contribution in [0.2, 0.25) is 0 Å². The molecule has 6 heteroatoms. The van der Waals surface area contributed by atoms with Gasteiger partial charge >= 0.3 is 7.12 Å². The molecular formula is C20H22BFO4. The largest absolute Gasteiger partial charge is 0.495 e. The first-order valence-electron chi connectivity index (χ1n) is 8.54. The molecule has 0 spiro atoms. The fourth-order valence-electron chi connectivity index (χ4n) is 2.73. The van der Waals surface area contributed by atoms with Gasteiger partial charge in [0.25, 0.3) is 0 Å². The summed E-state index contributed by atoms with van der Waals surface area (Å²) in [4.78, 5) is 10.7. The number of hydrogen-bond acceptors (Lipinski definition) is 4. The molecule has 0 aliphatic carbocycles. The van der Waals surface area contributed by atoms with Crippen LogP contribution >= 0.6 is 0 Å². The predicted molar refractivity (Wildman–Crippen MR) is 98.3 cm³/mol. The fourth-order valence-corrected chi connectivity index (χ4v) is 2.73. The Bertz CT molecular complexity index is 803. The summed E-state index contributed by atoms with van der Waals surface area (Å²) in [6.45, 7) is 8.15. The zero-order valence-corrected chi connectivity index (χ0v) is 15.4. The smallest absolute Gasteiger partial charge is 0.486 e. The Morgan fingerprint density at radius 3 is 2.35 bits per heavy atom. The van der Waals surface area contributed by atoms with Crippen LogP contribution in [-0.4, -0.2) is 24.6 Å². The highest BCUT2D eigenvalue weighted by molar-refractivity contribution is 6.62. The topological polar surface area (TPSA) is 44.8 Å². The van der Waals surface area contributed by atoms with Crippen molar-refractivity contribution >= 4 is 18.9 Å². The molecule has 0 amide bonds. The highest BCUT2D eigenvalue weighted by Crippen LogP contribution is 2.36. The summed E-state index contributed by atoms with van der Waals surface area (Å²) in [5, 5.41) is 0. The molecule has 0 radical (unpaired) electrons. The van der Waals surface area contributed by atoms with E-state index >= 15 is 0 Å². The van der Waals surface area contributed by atoms with E-state index in [-0.39, 0.29) is 17.9 Å². The van der Waals surface area contributed by atoms with Crippen LogP contribution in [0.15, 0.2) is 42.5 Å². The van der Waals surface area contributed by atoms with Crippen LogP contribution in [0.1, 0.15) is 43.6 Å². The van der Waals surface area contributed by atoms with Crippen LogP contribution < -0.4 is 10.2 Å². The number of aldehydes is 1. The van der Waals surface area contributed by atoms with E-state index in [1.807, 2.05) is 52.0 Å². The third kappa shape index (κ3) is 3.52. The van der Waals surface area contributed by atoms with Crippen molar-refractivity contribution in [2.24, 2.45) is 0 Å². The molecule has 26 heavy (non-hydrogen) atoms. The van der Waals surface area contributed by atoms with Crippen LogP contribution in [0.25, 0.3) is 0 Å². The first-order chi connectivity index (χ1) is 12.2. The molecule has 0 bridgehead atoms. The van der Waals surface area contributed by atoms with Gasteiger partial charge in [0.2, 0.25) is 0 Å². The maximum absolute atomic E-state index is 14.0. The van der Waals surface area contributed by atoms with Gasteiger partial charge in [-0.15, -0.1) is 0 Å². The molecule has 1 aliphatic rings. The summed E-state index contributed by atoms with van der Waals surface area (Å²) < 4.78 is 31.8. The maximum Gasteiger partial charge on any atom is 0.495 e. The van der Waals surface area contributed by atoms with Gasteiger partial charge in [0, 0.05) is 5.56 Å². The number of halogens is 1. The Labute approximate surface area is 153 Å². The maximum atomic E-state index is 14.0. The first-order valence-corrected chi connectivity index (χ1v) is 8.54. The van der Waals surface area contributed by atoms with Gasteiger partial charge < -0.3 is 14.0 Å². The molecule has 0 atom stereocenters. The van der Waals surface area contributed by atoms with Crippen molar-refractivity contribution < 1.29 is 23.2 Å². The van der Waals surface area contributed by atoms with Crippen LogP contribution in [0.5, 0.6) is 5.75 Å². The van der Waals surface area contributed by atoms with Crippen molar-refractivity contribution in [1.29, 1.82) is 0 Å². The summed E-state index contributed by atoms with van der Waals surface area (Å²) in [5.41, 5.74) is 1.10. The van der Waals surface area contributed by atoms with Gasteiger partial charge in [-0.25, -0.2) is 4.39 Å². The molecule has 3 rings (SSSR count). The van der Waals surface area contributed by atoms with E-state index in [1.54, 1.807) is 0 Å². The lowest BCUT2D eigenvalue weighted by molar-refractivity contribution is 0.00578. The zero-order chi connectivity index (χ0) is 18.9. The SMILES string of the molecule is CC1(C)OB(c2ccccc2COc2ccc(C=O)cc2F)OC1(C)C. The van der Waals surface area contributed by atoms with E-state index in [0.717, 1.165) is 17.1 Å². The van der Waals surface area contributed by atoms with Gasteiger partial charge in [-0.1, -0.05) is 24.3 Å². The number of carbonyl (C=O) groups is 1. The van der Waals surface area contributed by atoms with Crippen LogP contribution in [0, 0.1) is 5.82 Å². The number of ether oxygens (including phenoxy) is 1. The summed E-state index contributed by atoms with van der Waals surface area (Å²) in [7, 11) is -0.512. The highest BCUT2D eigenvalue weighted by Gasteiger charge is 2.52. The van der Waals surface area contributed by atoms with E-state index in [1.165, 1.54) is 12.1 Å². The van der Waals surface area contributed by atoms with Crippen molar-refractivity contribution in [3.05, 3.63) is 59.4 Å². The number of benzene rings is 2. The minimum absolute atomic E-state index is 0.0966. The van der Waals surface area contributed by atoms with Crippen LogP contribution in [-0.2, 0) is 15.9 Å². The Morgan fingerprint density at radius 2 is 1.73 bits per heavy atom. The Hall–Kier alpha value is -2.18. The predicted octanol–water partition coefficient (Wildman–Crippen LogP) is 3.52. The van der Waals surface area contributed by atoms with Crippen molar-refractivity contribution in [2.45, 2.75) is 45.5 Å². The van der Waals surface area contributed by atoms with E-state index in [4.69, 9.17) is 14.0 Å². The monoisotopic (exact) mass is 356 g/mol. The molecule has 0 N–H and O–H groups in total. The lowest BCUT2D eigenvalue weighted by Crippen LogP contribution is -2.41. The minimum Gasteiger partial charge on any atom is -0.486 e. The molecular weight excluding hydrogens is 334 g/mol. The fraction of sp³-hybridized carbons (Fsp3) is 0.350. The van der Waals surface area contributed by atoms with Crippen molar-refractivity contribution in [2.75, 3.05) is 0 Å². The second-order valence-electron chi connectivity index (χ2n) is 7.38. The number of hydrogen-bond donors (Lipinski definition) is 0. The first kappa shape index (κ1) is 18.6. The Morgan fingerprint density at radius 1 is 1.08 bits per heavy atom. The van der Waals surface area contributed by atoms with Gasteiger partial charge in [-0.05, 0) is 56.9 Å². The van der Waals surface area contributed by atoms with Gasteiger partial charge in [0.1, 0.15) is 12.9 Å². The molecule has 0 unspecified atom stereocenters. The molecule has 4 nitrogen and oxygen atoms in total. The Balaban J connectivity index is 1.80. The van der Waals surface area contributed by atoms with E-state index in [2.05, 4.69) is 0 Å². The summed E-state index contributed by atoms with van der Waals surface area (Å²) in [6.07, 6.45) is 0.598. The van der Waals surface area contributed by atoms with Gasteiger partial charge in [-0.2, -0.15) is 0 Å². The highest BCUT2D eigenvalue weighted by atomic mass is 19.1. The molecule has 0 saturated carbocycles. The van der Waals surface area contributed by atoms with Gasteiger partial charge in [0.15, 0.2) is 11.6 Å². The average molecular weight is 356 g/mol. The summed E-state index contributed by atoms with van der Waals surface area (Å²) in [5.74, 6) is -0.470. The number of carbonyl (C=O) groups excluding carboxylic acids is 1. The molecule has 0 aromatic heterocycles. The minimum atomic E-state index is -0.567. The normalized spacial score (nSPS) is 18.0. The van der Waals surface area contributed by atoms with Crippen molar-refractivity contribution in [1.82, 2.24) is 0 Å². The second kappa shape index (κ2) is 6.85. The number of rotatable bonds is 5. The third-order valence-electron chi connectivity index (χ3n) is 5.04. The van der Waals surface area contributed by atoms with E-state index in [0.29, 0.717) is 6.29 Å². The van der Waals surface area contributed by atoms with Crippen LogP contribution in [0.3, 0.4) is 0 Å². The lowest BCUT2D eigenvalue weighted by Gasteiger charge is -2.32. The molecule has 136 valence electrons. The second-order valence-corrected chi connectivity index (χ2v) is 7.38. The van der Waals surface area contributed by atoms with Gasteiger partial charge in [0.05, 0.1) is 11.2 Å². The molecule has 2 aromatic carbocycles. The van der Waals surface area contributed by atoms with E-state index in [9.17, 15) is 9.18 Å². The molecule has 1 fully saturated rings. The molecule has 2 aromatic rings. The standard InChI is InChI=1S/C20H22BFO4/c1-19(2)20(3,4)26-21(25-19)16-8-6-5-7-15(16)13-24-18-10-9-14(12-23)11-17(18)22/h5-12H,13H2,1-4H3. The third-order valence-corrected chi connectivity index (χ3v) is 5.04. The van der Waals surface area contributed by atoms with Crippen molar-refractivity contribution in [3.8, 4) is 5.75 Å². The van der Waals surface area contributed by atoms with E-state index < -0.39 is 24.1 Å². The summed E-state index contributed by atoms with van der Waals surface area (Å²) >= 11 is 0. The summed E-state index contributed by atoms with van der Waals surface area (Å²) in [6, 6.07) is 11.7. The molecule has 1 aliphatic heterocycles. The van der Waals surface area contributed by atoms with Gasteiger partial charge in [-0.3, -0.25) is 4.79 Å². The van der Waals surface area contributed by atoms with Crippen LogP contribution in [0.4, 0.5) is 4.39 Å².